The zero-order valence-corrected chi connectivity index (χ0v) is 31.9. The second-order valence-corrected chi connectivity index (χ2v) is 14.7. The van der Waals surface area contributed by atoms with E-state index >= 15 is 0 Å². The van der Waals surface area contributed by atoms with Gasteiger partial charge in [0.25, 0.3) is 11.5 Å². The number of likely N-dealkylation sites (tertiary alicyclic amines) is 2. The molecule has 16 nitrogen and oxygen atoms in total. The summed E-state index contributed by atoms with van der Waals surface area (Å²) < 4.78 is 24.9. The summed E-state index contributed by atoms with van der Waals surface area (Å²) in [6.07, 6.45) is 5.06. The van der Waals surface area contributed by atoms with E-state index < -0.39 is 30.0 Å². The summed E-state index contributed by atoms with van der Waals surface area (Å²) in [7, 11) is 4.99. The number of methoxy groups -OCH3 is 2. The Labute approximate surface area is 327 Å². The number of imide groups is 1. The Bertz CT molecular complexity index is 2300. The molecule has 4 atom stereocenters. The van der Waals surface area contributed by atoms with Gasteiger partial charge in [-0.1, -0.05) is 0 Å². The predicted molar refractivity (Wildman–Crippen MR) is 205 cm³/mol. The molecule has 0 bridgehead atoms. The molecule has 0 aliphatic carbocycles. The maximum atomic E-state index is 13.2. The third kappa shape index (κ3) is 6.97. The molecule has 4 aliphatic rings. The molecule has 0 radical (unpaired) electrons. The molecule has 298 valence electrons. The van der Waals surface area contributed by atoms with Crippen molar-refractivity contribution in [3.63, 3.8) is 0 Å². The summed E-state index contributed by atoms with van der Waals surface area (Å²) in [5, 5.41) is 14.5. The van der Waals surface area contributed by atoms with Gasteiger partial charge >= 0.3 is 0 Å². The average molecular weight is 781 g/mol. The first-order valence-electron chi connectivity index (χ1n) is 19.0. The maximum Gasteiger partial charge on any atom is 0.259 e. The van der Waals surface area contributed by atoms with Gasteiger partial charge in [-0.3, -0.25) is 44.1 Å². The van der Waals surface area contributed by atoms with Gasteiger partial charge in [-0.05, 0) is 60.2 Å². The van der Waals surface area contributed by atoms with Crippen LogP contribution < -0.4 is 25.1 Å². The lowest BCUT2D eigenvalue weighted by Gasteiger charge is -2.47. The maximum absolute atomic E-state index is 13.2. The Morgan fingerprint density at radius 1 is 0.947 bits per heavy atom. The molecule has 4 unspecified atom stereocenters. The molecule has 2 aromatic carbocycles. The number of nitrogens with one attached hydrogen (secondary N) is 1. The van der Waals surface area contributed by atoms with Crippen molar-refractivity contribution in [2.24, 2.45) is 7.05 Å². The summed E-state index contributed by atoms with van der Waals surface area (Å²) >= 11 is 0. The highest BCUT2D eigenvalue weighted by molar-refractivity contribution is 6.05. The molecule has 3 saturated heterocycles. The highest BCUT2D eigenvalue weighted by Crippen LogP contribution is 2.41. The van der Waals surface area contributed by atoms with Crippen molar-refractivity contribution in [3.8, 4) is 28.4 Å². The second kappa shape index (κ2) is 15.6. The van der Waals surface area contributed by atoms with Crippen molar-refractivity contribution >= 4 is 34.4 Å². The van der Waals surface area contributed by atoms with Crippen LogP contribution in [0.1, 0.15) is 53.4 Å². The van der Waals surface area contributed by atoms with Crippen molar-refractivity contribution in [1.29, 1.82) is 0 Å². The molecule has 2 aromatic heterocycles. The summed E-state index contributed by atoms with van der Waals surface area (Å²) in [5.74, 6) is 0.326. The molecule has 3 fully saturated rings. The van der Waals surface area contributed by atoms with Crippen LogP contribution in [0.2, 0.25) is 0 Å². The lowest BCUT2D eigenvalue weighted by molar-refractivity contribution is -0.140. The van der Waals surface area contributed by atoms with Crippen LogP contribution in [-0.4, -0.2) is 118 Å². The monoisotopic (exact) mass is 780 g/mol. The van der Waals surface area contributed by atoms with Gasteiger partial charge in [0.2, 0.25) is 17.7 Å². The van der Waals surface area contributed by atoms with Crippen LogP contribution in [0, 0.1) is 0 Å². The summed E-state index contributed by atoms with van der Waals surface area (Å²) in [5.41, 5.74) is 3.11. The van der Waals surface area contributed by atoms with Crippen LogP contribution in [0.5, 0.6) is 17.2 Å². The molecule has 6 heterocycles. The van der Waals surface area contributed by atoms with Gasteiger partial charge in [-0.2, -0.15) is 0 Å². The topological polar surface area (TPSA) is 182 Å². The van der Waals surface area contributed by atoms with E-state index in [-0.39, 0.29) is 68.2 Å². The number of carbonyl (C=O) groups is 4. The van der Waals surface area contributed by atoms with E-state index in [1.165, 1.54) is 0 Å². The molecule has 16 heteroatoms. The molecule has 0 spiro atoms. The zero-order chi connectivity index (χ0) is 40.0. The number of pyridine rings is 2. The lowest BCUT2D eigenvalue weighted by Crippen LogP contribution is -2.62. The minimum absolute atomic E-state index is 0.0418. The van der Waals surface area contributed by atoms with E-state index in [0.29, 0.717) is 41.3 Å². The first kappa shape index (κ1) is 38.1. The number of hydrogen-bond acceptors (Lipinski definition) is 12. The number of nitrogens with zero attached hydrogens (tertiary/aromatic N) is 5. The number of aliphatic hydroxyl groups excluding tert-OH is 1. The van der Waals surface area contributed by atoms with Gasteiger partial charge in [0.15, 0.2) is 6.23 Å². The molecule has 2 N–H and O–H groups in total. The van der Waals surface area contributed by atoms with E-state index in [1.807, 2.05) is 29.3 Å². The fourth-order valence-electron chi connectivity index (χ4n) is 8.57. The highest BCUT2D eigenvalue weighted by Gasteiger charge is 2.49. The Kier molecular flexibility index (Phi) is 10.4. The van der Waals surface area contributed by atoms with Gasteiger partial charge in [-0.15, -0.1) is 0 Å². The van der Waals surface area contributed by atoms with Crippen molar-refractivity contribution in [3.05, 3.63) is 82.0 Å². The third-order valence-electron chi connectivity index (χ3n) is 11.5. The molecule has 57 heavy (non-hydrogen) atoms. The van der Waals surface area contributed by atoms with E-state index in [0.717, 1.165) is 39.9 Å². The number of rotatable bonds is 13. The number of benzene rings is 2. The molecular weight excluding hydrogens is 736 g/mol. The minimum Gasteiger partial charge on any atom is -0.496 e. The fraction of sp³-hybridized carbons (Fsp3) is 0.415. The number of hydrogen-bond donors (Lipinski definition) is 2. The Hall–Kier alpha value is -5.84. The summed E-state index contributed by atoms with van der Waals surface area (Å²) in [6, 6.07) is 9.91. The van der Waals surface area contributed by atoms with E-state index in [1.54, 1.807) is 56.4 Å². The Morgan fingerprint density at radius 3 is 2.49 bits per heavy atom. The number of piperidine rings is 1. The van der Waals surface area contributed by atoms with Gasteiger partial charge in [-0.25, -0.2) is 0 Å². The standard InChI is InChI=1S/C41H44N6O10/c1-44-20-29(25-8-11-42-19-28(25)39(44)51)23-16-34(54-2)30(35(17-23)55-3)21-45-22-33-31(45)9-12-46(33)37(49)10-13-56-14-15-57-24-4-5-26-27(18-24)41(53)47(40(26)52)32-6-7-36(48)43-38(32)50/h4-5,8,11,16-20,31-33,41,53H,6-7,9-10,12-15,21-22H2,1-3H3,(H,43,48,50). The zero-order valence-electron chi connectivity index (χ0n) is 31.9. The lowest BCUT2D eigenvalue weighted by atomic mass is 9.94. The number of aliphatic hydroxyl groups is 1. The minimum atomic E-state index is -1.34. The molecule has 4 aromatic rings. The first-order chi connectivity index (χ1) is 27.6. The largest absolute Gasteiger partial charge is 0.496 e. The van der Waals surface area contributed by atoms with Crippen LogP contribution in [-0.2, 0) is 32.7 Å². The molecule has 8 rings (SSSR count). The molecule has 4 amide bonds. The fourth-order valence-corrected chi connectivity index (χ4v) is 8.57. The average Bonchev–Trinajstić information content (AvgIpc) is 3.67. The summed E-state index contributed by atoms with van der Waals surface area (Å²) in [6.45, 7) is 2.64. The number of fused-ring (bicyclic) bond motifs is 3. The second-order valence-electron chi connectivity index (χ2n) is 14.7. The highest BCUT2D eigenvalue weighted by atomic mass is 16.5. The number of aryl methyl sites for hydroxylation is 1. The number of carbonyl (C=O) groups excluding carboxylic acids is 4. The normalized spacial score (nSPS) is 21.6. The van der Waals surface area contributed by atoms with Crippen LogP contribution in [0.15, 0.2) is 59.8 Å². The molecule has 4 aliphatic heterocycles. The van der Waals surface area contributed by atoms with Gasteiger partial charge < -0.3 is 33.5 Å². The van der Waals surface area contributed by atoms with E-state index in [9.17, 15) is 29.1 Å². The molecule has 0 saturated carbocycles. The van der Waals surface area contributed by atoms with Crippen molar-refractivity contribution < 1.29 is 43.2 Å². The molecular formula is C41H44N6O10. The Morgan fingerprint density at radius 2 is 1.74 bits per heavy atom. The van der Waals surface area contributed by atoms with E-state index in [2.05, 4.69) is 15.2 Å². The quantitative estimate of drug-likeness (QED) is 0.149. The number of ether oxygens (including phenoxy) is 4. The SMILES string of the molecule is COc1cc(-c2cn(C)c(=O)c3cnccc23)cc(OC)c1CN1CC2C1CCN2C(=O)CCOCCOc1ccc2c(c1)C(O)N(C1CCC(=O)NC1=O)C2=O. The van der Waals surface area contributed by atoms with Crippen LogP contribution in [0.3, 0.4) is 0 Å². The van der Waals surface area contributed by atoms with Crippen molar-refractivity contribution in [1.82, 2.24) is 29.6 Å². The number of aromatic nitrogens is 2. The van der Waals surface area contributed by atoms with Crippen molar-refractivity contribution in [2.45, 2.75) is 56.6 Å². The smallest absolute Gasteiger partial charge is 0.259 e. The number of amides is 4. The van der Waals surface area contributed by atoms with Gasteiger partial charge in [0, 0.05) is 74.4 Å². The predicted octanol–water partition coefficient (Wildman–Crippen LogP) is 2.14. The van der Waals surface area contributed by atoms with Crippen LogP contribution in [0.4, 0.5) is 0 Å². The first-order valence-corrected chi connectivity index (χ1v) is 19.0. The Balaban J connectivity index is 0.813. The van der Waals surface area contributed by atoms with Crippen LogP contribution >= 0.6 is 0 Å². The van der Waals surface area contributed by atoms with Gasteiger partial charge in [0.05, 0.1) is 50.8 Å². The van der Waals surface area contributed by atoms with Crippen molar-refractivity contribution in [2.75, 3.05) is 47.1 Å². The third-order valence-corrected chi connectivity index (χ3v) is 11.5. The van der Waals surface area contributed by atoms with E-state index in [4.69, 9.17) is 18.9 Å². The van der Waals surface area contributed by atoms with Crippen LogP contribution in [0.25, 0.3) is 21.9 Å². The van der Waals surface area contributed by atoms with Gasteiger partial charge in [0.1, 0.15) is 29.9 Å². The summed E-state index contributed by atoms with van der Waals surface area (Å²) in [4.78, 5) is 72.5.